The number of hydrogen-bond donors (Lipinski definition) is 3. The van der Waals surface area contributed by atoms with E-state index in [0.717, 1.165) is 15.7 Å². The molecule has 4 N–H and O–H groups in total. The van der Waals surface area contributed by atoms with Crippen LogP contribution in [0.15, 0.2) is 42.5 Å². The number of nitrogens with zero attached hydrogens (tertiary/aromatic N) is 1. The van der Waals surface area contributed by atoms with Crippen molar-refractivity contribution < 1.29 is 19.2 Å². The van der Waals surface area contributed by atoms with Crippen molar-refractivity contribution in [1.82, 2.24) is 15.5 Å². The summed E-state index contributed by atoms with van der Waals surface area (Å²) in [7, 11) is 0. The van der Waals surface area contributed by atoms with Crippen LogP contribution in [0, 0.1) is 0 Å². The van der Waals surface area contributed by atoms with Crippen molar-refractivity contribution >= 4 is 34.5 Å². The van der Waals surface area contributed by atoms with Gasteiger partial charge in [0.05, 0.1) is 0 Å². The van der Waals surface area contributed by atoms with Crippen LogP contribution in [-0.2, 0) is 19.9 Å². The topological polar surface area (TPSA) is 122 Å². The number of primary amides is 1. The summed E-state index contributed by atoms with van der Waals surface area (Å²) in [6, 6.07) is 12.6. The molecule has 4 rings (SSSR count). The molecule has 0 aromatic heterocycles. The monoisotopic (exact) mass is 380 g/mol. The molecule has 1 atom stereocenters. The molecule has 144 valence electrons. The molecule has 1 aliphatic heterocycles. The minimum Gasteiger partial charge on any atom is -0.368 e. The van der Waals surface area contributed by atoms with Crippen LogP contribution in [0.4, 0.5) is 4.79 Å². The predicted molar refractivity (Wildman–Crippen MR) is 101 cm³/mol. The quantitative estimate of drug-likeness (QED) is 0.662. The largest absolute Gasteiger partial charge is 0.368 e. The lowest BCUT2D eigenvalue weighted by atomic mass is 9.90. The molecule has 8 heteroatoms. The Balaban J connectivity index is 1.55. The first-order valence-electron chi connectivity index (χ1n) is 8.99. The number of carbonyl (C=O) groups is 4. The molecular weight excluding hydrogens is 360 g/mol. The van der Waals surface area contributed by atoms with Crippen molar-refractivity contribution in [3.63, 3.8) is 0 Å². The highest BCUT2D eigenvalue weighted by Gasteiger charge is 2.52. The van der Waals surface area contributed by atoms with Gasteiger partial charge in [-0.25, -0.2) is 4.79 Å². The first-order chi connectivity index (χ1) is 13.2. The first-order valence-corrected chi connectivity index (χ1v) is 8.99. The van der Waals surface area contributed by atoms with Gasteiger partial charge in [-0.05, 0) is 42.2 Å². The van der Waals surface area contributed by atoms with Gasteiger partial charge in [0.15, 0.2) is 0 Å². The Hall–Kier alpha value is -3.42. The van der Waals surface area contributed by atoms with E-state index in [9.17, 15) is 19.2 Å². The number of nitrogens with one attached hydrogen (secondary N) is 2. The third-order valence-electron chi connectivity index (χ3n) is 5.50. The molecule has 28 heavy (non-hydrogen) atoms. The summed E-state index contributed by atoms with van der Waals surface area (Å²) in [5.41, 5.74) is 3.60. The maximum absolute atomic E-state index is 13.0. The molecule has 2 aromatic rings. The molecule has 1 saturated carbocycles. The number of fused-ring (bicyclic) bond motifs is 1. The van der Waals surface area contributed by atoms with Crippen molar-refractivity contribution in [3.8, 4) is 0 Å². The average molecular weight is 380 g/mol. The van der Waals surface area contributed by atoms with E-state index in [2.05, 4.69) is 10.6 Å². The van der Waals surface area contributed by atoms with Crippen LogP contribution in [0.25, 0.3) is 10.8 Å². The maximum atomic E-state index is 13.0. The molecule has 1 heterocycles. The third kappa shape index (κ3) is 2.77. The predicted octanol–water partition coefficient (Wildman–Crippen LogP) is 0.741. The van der Waals surface area contributed by atoms with E-state index in [1.54, 1.807) is 13.0 Å². The summed E-state index contributed by atoms with van der Waals surface area (Å²) >= 11 is 0. The van der Waals surface area contributed by atoms with Crippen molar-refractivity contribution in [2.45, 2.75) is 30.8 Å². The summed E-state index contributed by atoms with van der Waals surface area (Å²) in [5.74, 6) is -1.73. The smallest absolute Gasteiger partial charge is 0.325 e. The number of nitrogens with two attached hydrogens (primary N) is 1. The molecule has 8 nitrogen and oxygen atoms in total. The van der Waals surface area contributed by atoms with Gasteiger partial charge in [-0.3, -0.25) is 19.3 Å². The molecule has 2 fully saturated rings. The summed E-state index contributed by atoms with van der Waals surface area (Å²) < 4.78 is 0. The molecule has 1 aliphatic carbocycles. The van der Waals surface area contributed by atoms with Crippen LogP contribution >= 0.6 is 0 Å². The minimum absolute atomic E-state index is 0.461. The Bertz CT molecular complexity index is 1030. The summed E-state index contributed by atoms with van der Waals surface area (Å²) in [6.45, 7) is 1.14. The Morgan fingerprint density at radius 1 is 1.14 bits per heavy atom. The van der Waals surface area contributed by atoms with Crippen LogP contribution in [0.5, 0.6) is 0 Å². The normalized spacial score (nSPS) is 22.8. The zero-order valence-electron chi connectivity index (χ0n) is 15.3. The van der Waals surface area contributed by atoms with Crippen molar-refractivity contribution in [2.75, 3.05) is 6.54 Å². The highest BCUT2D eigenvalue weighted by Crippen LogP contribution is 2.35. The zero-order chi connectivity index (χ0) is 20.1. The Morgan fingerprint density at radius 3 is 2.46 bits per heavy atom. The van der Waals surface area contributed by atoms with Gasteiger partial charge in [-0.1, -0.05) is 36.4 Å². The van der Waals surface area contributed by atoms with Gasteiger partial charge >= 0.3 is 6.03 Å². The van der Waals surface area contributed by atoms with E-state index in [1.807, 2.05) is 36.4 Å². The van der Waals surface area contributed by atoms with E-state index >= 15 is 0 Å². The highest BCUT2D eigenvalue weighted by atomic mass is 16.2. The van der Waals surface area contributed by atoms with Crippen LogP contribution in [0.1, 0.15) is 25.3 Å². The molecule has 5 amide bonds. The van der Waals surface area contributed by atoms with Crippen molar-refractivity contribution in [2.24, 2.45) is 5.73 Å². The van der Waals surface area contributed by atoms with Gasteiger partial charge in [0.25, 0.3) is 5.91 Å². The fourth-order valence-corrected chi connectivity index (χ4v) is 3.54. The SMILES string of the molecule is C[C@]1(c2ccc3ccccc3c2)NC(=O)N(CC(=O)NC2(C(N)=O)CC2)C1=O. The van der Waals surface area contributed by atoms with E-state index in [1.165, 1.54) is 0 Å². The molecule has 0 bridgehead atoms. The molecule has 1 saturated heterocycles. The van der Waals surface area contributed by atoms with Crippen molar-refractivity contribution in [1.29, 1.82) is 0 Å². The lowest BCUT2D eigenvalue weighted by molar-refractivity contribution is -0.135. The van der Waals surface area contributed by atoms with Gasteiger partial charge in [0, 0.05) is 0 Å². The maximum Gasteiger partial charge on any atom is 0.325 e. The molecule has 0 spiro atoms. The molecule has 0 unspecified atom stereocenters. The standard InChI is InChI=1S/C20H20N4O4/c1-19(14-7-6-12-4-2-3-5-13(12)10-14)17(27)24(18(28)23-19)11-15(25)22-20(8-9-20)16(21)26/h2-7,10H,8-9,11H2,1H3,(H2,21,26)(H,22,25)(H,23,28)/t19-/m1/s1. The number of benzene rings is 2. The van der Waals surface area contributed by atoms with Crippen LogP contribution in [0.2, 0.25) is 0 Å². The lowest BCUT2D eigenvalue weighted by Gasteiger charge is -2.23. The molecular formula is C20H20N4O4. The number of imide groups is 1. The third-order valence-corrected chi connectivity index (χ3v) is 5.50. The van der Waals surface area contributed by atoms with E-state index < -0.39 is 41.4 Å². The van der Waals surface area contributed by atoms with Gasteiger partial charge in [-0.15, -0.1) is 0 Å². The number of urea groups is 1. The highest BCUT2D eigenvalue weighted by molar-refractivity contribution is 6.09. The van der Waals surface area contributed by atoms with Crippen LogP contribution in [0.3, 0.4) is 0 Å². The van der Waals surface area contributed by atoms with E-state index in [0.29, 0.717) is 18.4 Å². The van der Waals surface area contributed by atoms with Crippen LogP contribution in [-0.4, -0.2) is 40.7 Å². The Morgan fingerprint density at radius 2 is 1.82 bits per heavy atom. The van der Waals surface area contributed by atoms with Gasteiger partial charge in [0.2, 0.25) is 11.8 Å². The Kier molecular flexibility index (Phi) is 3.88. The summed E-state index contributed by atoms with van der Waals surface area (Å²) in [6.07, 6.45) is 0.923. The van der Waals surface area contributed by atoms with Crippen molar-refractivity contribution in [3.05, 3.63) is 48.0 Å². The molecule has 2 aliphatic rings. The lowest BCUT2D eigenvalue weighted by Crippen LogP contribution is -2.51. The number of carbonyl (C=O) groups excluding carboxylic acids is 4. The van der Waals surface area contributed by atoms with E-state index in [4.69, 9.17) is 5.73 Å². The fraction of sp³-hybridized carbons (Fsp3) is 0.300. The first kappa shape index (κ1) is 18.0. The second-order valence-electron chi connectivity index (χ2n) is 7.50. The average Bonchev–Trinajstić information content (AvgIpc) is 3.41. The molecule has 0 radical (unpaired) electrons. The number of amides is 5. The Labute approximate surface area is 161 Å². The minimum atomic E-state index is -1.28. The van der Waals surface area contributed by atoms with E-state index in [-0.39, 0.29) is 0 Å². The fourth-order valence-electron chi connectivity index (χ4n) is 3.54. The van der Waals surface area contributed by atoms with Gasteiger partial charge in [-0.2, -0.15) is 0 Å². The summed E-state index contributed by atoms with van der Waals surface area (Å²) in [4.78, 5) is 50.0. The van der Waals surface area contributed by atoms with Crippen LogP contribution < -0.4 is 16.4 Å². The second-order valence-corrected chi connectivity index (χ2v) is 7.50. The molecule has 2 aromatic carbocycles. The second kappa shape index (κ2) is 6.05. The van der Waals surface area contributed by atoms with Gasteiger partial charge < -0.3 is 16.4 Å². The van der Waals surface area contributed by atoms with Gasteiger partial charge in [0.1, 0.15) is 17.6 Å². The summed E-state index contributed by atoms with van der Waals surface area (Å²) in [5, 5.41) is 7.18. The number of rotatable bonds is 5. The zero-order valence-corrected chi connectivity index (χ0v) is 15.3. The number of hydrogen-bond acceptors (Lipinski definition) is 4.